The van der Waals surface area contributed by atoms with Crippen LogP contribution in [0.3, 0.4) is 0 Å². The van der Waals surface area contributed by atoms with Gasteiger partial charge in [0.1, 0.15) is 12.6 Å². The summed E-state index contributed by atoms with van der Waals surface area (Å²) < 4.78 is 10.3. The van der Waals surface area contributed by atoms with Crippen LogP contribution in [0.4, 0.5) is 0 Å². The third-order valence-corrected chi connectivity index (χ3v) is 3.44. The molecule has 3 atom stereocenters. The molecule has 0 aliphatic carbocycles. The summed E-state index contributed by atoms with van der Waals surface area (Å²) in [5.74, 6) is -1.60. The number of rotatable bonds is 7. The number of nitrogens with one attached hydrogen (secondary N) is 2. The predicted molar refractivity (Wildman–Crippen MR) is 94.7 cm³/mol. The van der Waals surface area contributed by atoms with Gasteiger partial charge in [0.15, 0.2) is 0 Å². The van der Waals surface area contributed by atoms with Gasteiger partial charge in [-0.2, -0.15) is 0 Å². The Bertz CT molecular complexity index is 480. The summed E-state index contributed by atoms with van der Waals surface area (Å²) in [7, 11) is 1.22. The summed E-state index contributed by atoms with van der Waals surface area (Å²) in [5, 5.41) is 5.07. The maximum absolute atomic E-state index is 12.4. The maximum atomic E-state index is 12.4. The molecule has 0 radical (unpaired) electrons. The Labute approximate surface area is 150 Å². The summed E-state index contributed by atoms with van der Waals surface area (Å²) >= 11 is 0. The molecule has 0 saturated heterocycles. The Balaban J connectivity index is 5.22. The van der Waals surface area contributed by atoms with Gasteiger partial charge in [0, 0.05) is 0 Å². The van der Waals surface area contributed by atoms with Gasteiger partial charge in [0.25, 0.3) is 0 Å². The van der Waals surface area contributed by atoms with Crippen molar-refractivity contribution in [3.05, 3.63) is 0 Å². The zero-order valence-corrected chi connectivity index (χ0v) is 16.6. The summed E-state index contributed by atoms with van der Waals surface area (Å²) in [5.41, 5.74) is 4.97. The average Bonchev–Trinajstić information content (AvgIpc) is 2.45. The van der Waals surface area contributed by atoms with Crippen molar-refractivity contribution < 1.29 is 23.9 Å². The second kappa shape index (κ2) is 9.15. The monoisotopic (exact) mass is 359 g/mol. The number of amides is 2. The highest BCUT2D eigenvalue weighted by Gasteiger charge is 2.34. The van der Waals surface area contributed by atoms with Gasteiger partial charge in [0.2, 0.25) is 11.8 Å². The molecule has 146 valence electrons. The fourth-order valence-electron chi connectivity index (χ4n) is 2.00. The van der Waals surface area contributed by atoms with E-state index >= 15 is 0 Å². The first-order valence-corrected chi connectivity index (χ1v) is 8.27. The van der Waals surface area contributed by atoms with Crippen LogP contribution in [-0.2, 0) is 23.9 Å². The summed E-state index contributed by atoms with van der Waals surface area (Å²) in [6.07, 6.45) is -0.631. The van der Waals surface area contributed by atoms with Crippen molar-refractivity contribution in [2.24, 2.45) is 11.1 Å². The molecule has 0 heterocycles. The van der Waals surface area contributed by atoms with Crippen LogP contribution in [0.25, 0.3) is 0 Å². The number of hydrogen-bond acceptors (Lipinski definition) is 6. The quantitative estimate of drug-likeness (QED) is 0.564. The van der Waals surface area contributed by atoms with Crippen molar-refractivity contribution in [2.45, 2.75) is 72.3 Å². The van der Waals surface area contributed by atoms with Crippen molar-refractivity contribution in [3.63, 3.8) is 0 Å². The number of ether oxygens (including phenoxy) is 2. The highest BCUT2D eigenvalue weighted by atomic mass is 16.5. The van der Waals surface area contributed by atoms with Gasteiger partial charge in [-0.05, 0) is 33.1 Å². The summed E-state index contributed by atoms with van der Waals surface area (Å²) in [4.78, 5) is 36.1. The molecule has 0 aromatic rings. The molecule has 25 heavy (non-hydrogen) atoms. The van der Waals surface area contributed by atoms with Crippen LogP contribution in [0.15, 0.2) is 0 Å². The lowest BCUT2D eigenvalue weighted by molar-refractivity contribution is -0.143. The number of esters is 1. The molecule has 0 aliphatic rings. The molecule has 0 aromatic carbocycles. The maximum Gasteiger partial charge on any atom is 0.325 e. The smallest absolute Gasteiger partial charge is 0.325 e. The zero-order valence-electron chi connectivity index (χ0n) is 16.6. The van der Waals surface area contributed by atoms with Crippen LogP contribution in [0.1, 0.15) is 48.5 Å². The normalized spacial score (nSPS) is 15.7. The van der Waals surface area contributed by atoms with Gasteiger partial charge in [-0.1, -0.05) is 20.8 Å². The summed E-state index contributed by atoms with van der Waals surface area (Å²) in [6, 6.07) is -1.80. The zero-order chi connectivity index (χ0) is 20.0. The Morgan fingerprint density at radius 2 is 1.56 bits per heavy atom. The molecule has 0 saturated carbocycles. The predicted octanol–water partition coefficient (Wildman–Crippen LogP) is 0.337. The third kappa shape index (κ3) is 8.83. The van der Waals surface area contributed by atoms with E-state index < -0.39 is 47.0 Å². The van der Waals surface area contributed by atoms with E-state index in [2.05, 4.69) is 15.4 Å². The lowest BCUT2D eigenvalue weighted by Gasteiger charge is -2.33. The minimum absolute atomic E-state index is 0.296. The van der Waals surface area contributed by atoms with Crippen LogP contribution < -0.4 is 16.4 Å². The van der Waals surface area contributed by atoms with Gasteiger partial charge in [-0.3, -0.25) is 14.4 Å². The largest absolute Gasteiger partial charge is 0.468 e. The average molecular weight is 359 g/mol. The Hall–Kier alpha value is -1.67. The Morgan fingerprint density at radius 3 is 1.96 bits per heavy atom. The van der Waals surface area contributed by atoms with Crippen molar-refractivity contribution >= 4 is 17.8 Å². The molecular formula is C17H33N3O5. The molecule has 8 heteroatoms. The molecule has 8 nitrogen and oxygen atoms in total. The van der Waals surface area contributed by atoms with E-state index in [-0.39, 0.29) is 6.54 Å². The first-order chi connectivity index (χ1) is 11.2. The van der Waals surface area contributed by atoms with E-state index in [0.29, 0.717) is 0 Å². The van der Waals surface area contributed by atoms with E-state index in [0.717, 1.165) is 0 Å². The van der Waals surface area contributed by atoms with Gasteiger partial charge in [0.05, 0.1) is 24.9 Å². The fourth-order valence-corrected chi connectivity index (χ4v) is 2.00. The molecular weight excluding hydrogens is 326 g/mol. The number of hydrogen-bond donors (Lipinski definition) is 3. The van der Waals surface area contributed by atoms with E-state index in [1.165, 1.54) is 7.11 Å². The van der Waals surface area contributed by atoms with Crippen molar-refractivity contribution in [2.75, 3.05) is 13.7 Å². The van der Waals surface area contributed by atoms with E-state index in [9.17, 15) is 14.4 Å². The number of nitrogens with two attached hydrogens (primary N) is 1. The second-order valence-electron chi connectivity index (χ2n) is 8.06. The second-order valence-corrected chi connectivity index (χ2v) is 8.06. The van der Waals surface area contributed by atoms with Crippen LogP contribution in [-0.4, -0.2) is 55.2 Å². The molecule has 0 aromatic heterocycles. The molecule has 0 fully saturated rings. The van der Waals surface area contributed by atoms with Crippen LogP contribution in [0, 0.1) is 5.41 Å². The highest BCUT2D eigenvalue weighted by Crippen LogP contribution is 2.18. The fraction of sp³-hybridized carbons (Fsp3) is 0.824. The molecule has 0 aliphatic heterocycles. The molecule has 2 amide bonds. The van der Waals surface area contributed by atoms with Gasteiger partial charge >= 0.3 is 5.97 Å². The van der Waals surface area contributed by atoms with Crippen molar-refractivity contribution in [1.29, 1.82) is 0 Å². The van der Waals surface area contributed by atoms with Crippen molar-refractivity contribution in [1.82, 2.24) is 10.6 Å². The van der Waals surface area contributed by atoms with E-state index in [1.807, 2.05) is 41.5 Å². The minimum atomic E-state index is -0.996. The minimum Gasteiger partial charge on any atom is -0.468 e. The SMILES string of the molecule is COC(=O)CNC(=O)C(NC(=O)C(N)C(C)(C)C)C(C)OC(C)(C)C. The molecule has 4 N–H and O–H groups in total. The highest BCUT2D eigenvalue weighted by molar-refractivity contribution is 5.91. The number of methoxy groups -OCH3 is 1. The first kappa shape index (κ1) is 23.3. The van der Waals surface area contributed by atoms with Gasteiger partial charge < -0.3 is 25.8 Å². The van der Waals surface area contributed by atoms with Gasteiger partial charge in [-0.15, -0.1) is 0 Å². The standard InChI is InChI=1S/C17H33N3O5/c1-10(25-17(5,6)7)12(14(22)19-9-11(21)24-8)20-15(23)13(18)16(2,3)4/h10,12-13H,9,18H2,1-8H3,(H,19,22)(H,20,23). The van der Waals surface area contributed by atoms with Crippen LogP contribution >= 0.6 is 0 Å². The molecule has 0 bridgehead atoms. The number of carbonyl (C=O) groups excluding carboxylic acids is 3. The van der Waals surface area contributed by atoms with E-state index in [4.69, 9.17) is 10.5 Å². The summed E-state index contributed by atoms with van der Waals surface area (Å²) in [6.45, 7) is 12.4. The lowest BCUT2D eigenvalue weighted by Crippen LogP contribution is -2.59. The molecule has 3 unspecified atom stereocenters. The number of carbonyl (C=O) groups is 3. The first-order valence-electron chi connectivity index (χ1n) is 8.27. The molecule has 0 spiro atoms. The molecule has 0 rings (SSSR count). The third-order valence-electron chi connectivity index (χ3n) is 3.44. The topological polar surface area (TPSA) is 120 Å². The Kier molecular flexibility index (Phi) is 8.53. The van der Waals surface area contributed by atoms with Gasteiger partial charge in [-0.25, -0.2) is 0 Å². The van der Waals surface area contributed by atoms with Crippen molar-refractivity contribution in [3.8, 4) is 0 Å². The van der Waals surface area contributed by atoms with E-state index in [1.54, 1.807) is 6.92 Å². The van der Waals surface area contributed by atoms with Crippen LogP contribution in [0.5, 0.6) is 0 Å². The van der Waals surface area contributed by atoms with Crippen LogP contribution in [0.2, 0.25) is 0 Å². The Morgan fingerprint density at radius 1 is 1.04 bits per heavy atom. The lowest BCUT2D eigenvalue weighted by atomic mass is 9.86.